The molecule has 4 heteroatoms. The molecule has 0 bridgehead atoms. The van der Waals surface area contributed by atoms with E-state index in [0.29, 0.717) is 18.5 Å². The van der Waals surface area contributed by atoms with E-state index in [4.69, 9.17) is 5.11 Å². The number of hydrogen-bond donors (Lipinski definition) is 4. The molecule has 0 heterocycles. The SMILES string of the molecule is CNCCC(O)C(O)c1ccc(CO)cc1. The predicted molar refractivity (Wildman–Crippen MR) is 61.9 cm³/mol. The largest absolute Gasteiger partial charge is 0.392 e. The van der Waals surface area contributed by atoms with E-state index in [1.807, 2.05) is 0 Å². The first-order chi connectivity index (χ1) is 7.69. The summed E-state index contributed by atoms with van der Waals surface area (Å²) < 4.78 is 0. The summed E-state index contributed by atoms with van der Waals surface area (Å²) in [6, 6.07) is 6.92. The van der Waals surface area contributed by atoms with Gasteiger partial charge in [0.05, 0.1) is 12.7 Å². The molecule has 2 unspecified atom stereocenters. The Kier molecular flexibility index (Phi) is 5.42. The summed E-state index contributed by atoms with van der Waals surface area (Å²) >= 11 is 0. The van der Waals surface area contributed by atoms with Crippen molar-refractivity contribution in [2.24, 2.45) is 0 Å². The molecule has 0 aliphatic rings. The highest BCUT2D eigenvalue weighted by atomic mass is 16.3. The first kappa shape index (κ1) is 13.1. The molecular weight excluding hydrogens is 206 g/mol. The van der Waals surface area contributed by atoms with Gasteiger partial charge in [0.2, 0.25) is 0 Å². The lowest BCUT2D eigenvalue weighted by atomic mass is 10.0. The number of aliphatic hydroxyl groups is 3. The molecule has 4 N–H and O–H groups in total. The molecular formula is C12H19NO3. The van der Waals surface area contributed by atoms with E-state index >= 15 is 0 Å². The van der Waals surface area contributed by atoms with Gasteiger partial charge in [-0.2, -0.15) is 0 Å². The molecule has 0 saturated heterocycles. The third kappa shape index (κ3) is 3.57. The molecule has 0 saturated carbocycles. The van der Waals surface area contributed by atoms with Crippen LogP contribution in [0.5, 0.6) is 0 Å². The van der Waals surface area contributed by atoms with E-state index in [9.17, 15) is 10.2 Å². The van der Waals surface area contributed by atoms with Crippen LogP contribution in [-0.2, 0) is 6.61 Å². The summed E-state index contributed by atoms with van der Waals surface area (Å²) in [7, 11) is 1.80. The standard InChI is InChI=1S/C12H19NO3/c1-13-7-6-11(15)12(16)10-4-2-9(8-14)3-5-10/h2-5,11-16H,6-8H2,1H3. The molecule has 1 aromatic rings. The molecule has 0 aliphatic heterocycles. The molecule has 0 aromatic heterocycles. The van der Waals surface area contributed by atoms with E-state index in [0.717, 1.165) is 5.56 Å². The van der Waals surface area contributed by atoms with Crippen LogP contribution < -0.4 is 5.32 Å². The van der Waals surface area contributed by atoms with Gasteiger partial charge >= 0.3 is 0 Å². The number of aliphatic hydroxyl groups excluding tert-OH is 3. The Morgan fingerprint density at radius 3 is 2.31 bits per heavy atom. The molecule has 4 nitrogen and oxygen atoms in total. The fourth-order valence-corrected chi connectivity index (χ4v) is 1.49. The summed E-state index contributed by atoms with van der Waals surface area (Å²) in [5.74, 6) is 0. The zero-order valence-corrected chi connectivity index (χ0v) is 9.43. The zero-order chi connectivity index (χ0) is 12.0. The van der Waals surface area contributed by atoms with E-state index in [1.165, 1.54) is 0 Å². The molecule has 90 valence electrons. The van der Waals surface area contributed by atoms with Crippen LogP contribution in [0.15, 0.2) is 24.3 Å². The normalized spacial score (nSPS) is 14.8. The smallest absolute Gasteiger partial charge is 0.105 e. The fourth-order valence-electron chi connectivity index (χ4n) is 1.49. The van der Waals surface area contributed by atoms with Crippen molar-refractivity contribution in [3.63, 3.8) is 0 Å². The highest BCUT2D eigenvalue weighted by Gasteiger charge is 2.17. The zero-order valence-electron chi connectivity index (χ0n) is 9.43. The number of rotatable bonds is 6. The first-order valence-electron chi connectivity index (χ1n) is 5.39. The Bertz CT molecular complexity index is 300. The highest BCUT2D eigenvalue weighted by Crippen LogP contribution is 2.19. The summed E-state index contributed by atoms with van der Waals surface area (Å²) in [5.41, 5.74) is 1.46. The third-order valence-electron chi connectivity index (χ3n) is 2.56. The van der Waals surface area contributed by atoms with Gasteiger partial charge in [0, 0.05) is 0 Å². The maximum atomic E-state index is 9.84. The van der Waals surface area contributed by atoms with Crippen LogP contribution in [0.4, 0.5) is 0 Å². The average Bonchev–Trinajstić information content (AvgIpc) is 2.35. The minimum absolute atomic E-state index is 0.0152. The minimum atomic E-state index is -0.874. The fraction of sp³-hybridized carbons (Fsp3) is 0.500. The molecule has 16 heavy (non-hydrogen) atoms. The summed E-state index contributed by atoms with van der Waals surface area (Å²) in [5, 5.41) is 31.3. The minimum Gasteiger partial charge on any atom is -0.392 e. The van der Waals surface area contributed by atoms with Crippen molar-refractivity contribution in [3.05, 3.63) is 35.4 Å². The van der Waals surface area contributed by atoms with Gasteiger partial charge in [-0.1, -0.05) is 24.3 Å². The lowest BCUT2D eigenvalue weighted by molar-refractivity contribution is 0.0140. The molecule has 0 amide bonds. The highest BCUT2D eigenvalue weighted by molar-refractivity contribution is 5.24. The van der Waals surface area contributed by atoms with E-state index in [1.54, 1.807) is 31.3 Å². The van der Waals surface area contributed by atoms with E-state index in [-0.39, 0.29) is 6.61 Å². The lowest BCUT2D eigenvalue weighted by Gasteiger charge is -2.18. The maximum Gasteiger partial charge on any atom is 0.105 e. The number of benzene rings is 1. The van der Waals surface area contributed by atoms with Gasteiger partial charge < -0.3 is 20.6 Å². The summed E-state index contributed by atoms with van der Waals surface area (Å²) in [6.07, 6.45) is -1.15. The molecule has 2 atom stereocenters. The summed E-state index contributed by atoms with van der Waals surface area (Å²) in [4.78, 5) is 0. The second kappa shape index (κ2) is 6.60. The quantitative estimate of drug-likeness (QED) is 0.557. The molecule has 0 fully saturated rings. The second-order valence-corrected chi connectivity index (χ2v) is 3.80. The Labute approximate surface area is 95.6 Å². The monoisotopic (exact) mass is 225 g/mol. The van der Waals surface area contributed by atoms with Gasteiger partial charge in [-0.05, 0) is 31.1 Å². The average molecular weight is 225 g/mol. The molecule has 0 aliphatic carbocycles. The Balaban J connectivity index is 2.60. The van der Waals surface area contributed by atoms with Crippen LogP contribution in [0, 0.1) is 0 Å². The van der Waals surface area contributed by atoms with Crippen molar-refractivity contribution in [2.75, 3.05) is 13.6 Å². The van der Waals surface area contributed by atoms with Crippen molar-refractivity contribution in [3.8, 4) is 0 Å². The van der Waals surface area contributed by atoms with Crippen LogP contribution in [0.2, 0.25) is 0 Å². The van der Waals surface area contributed by atoms with Crippen molar-refractivity contribution in [1.29, 1.82) is 0 Å². The number of hydrogen-bond acceptors (Lipinski definition) is 4. The maximum absolute atomic E-state index is 9.84. The van der Waals surface area contributed by atoms with Crippen LogP contribution in [0.25, 0.3) is 0 Å². The van der Waals surface area contributed by atoms with Gasteiger partial charge in [-0.3, -0.25) is 0 Å². The number of nitrogens with one attached hydrogen (secondary N) is 1. The van der Waals surface area contributed by atoms with Gasteiger partial charge in [-0.15, -0.1) is 0 Å². The van der Waals surface area contributed by atoms with Crippen LogP contribution in [-0.4, -0.2) is 35.0 Å². The Morgan fingerprint density at radius 2 is 1.81 bits per heavy atom. The van der Waals surface area contributed by atoms with Crippen LogP contribution in [0.1, 0.15) is 23.7 Å². The topological polar surface area (TPSA) is 72.7 Å². The van der Waals surface area contributed by atoms with Gasteiger partial charge in [0.15, 0.2) is 0 Å². The Morgan fingerprint density at radius 1 is 1.19 bits per heavy atom. The van der Waals surface area contributed by atoms with E-state index < -0.39 is 12.2 Å². The molecule has 0 radical (unpaired) electrons. The van der Waals surface area contributed by atoms with Crippen molar-refractivity contribution in [2.45, 2.75) is 25.2 Å². The molecule has 0 spiro atoms. The van der Waals surface area contributed by atoms with Crippen molar-refractivity contribution >= 4 is 0 Å². The second-order valence-electron chi connectivity index (χ2n) is 3.80. The predicted octanol–water partition coefficient (Wildman–Crippen LogP) is 0.183. The third-order valence-corrected chi connectivity index (χ3v) is 2.56. The molecule has 1 aromatic carbocycles. The van der Waals surface area contributed by atoms with Gasteiger partial charge in [0.1, 0.15) is 6.10 Å². The van der Waals surface area contributed by atoms with Crippen LogP contribution in [0.3, 0.4) is 0 Å². The van der Waals surface area contributed by atoms with Gasteiger partial charge in [-0.25, -0.2) is 0 Å². The lowest BCUT2D eigenvalue weighted by Crippen LogP contribution is -2.23. The summed E-state index contributed by atoms with van der Waals surface area (Å²) in [6.45, 7) is 0.644. The molecule has 1 rings (SSSR count). The van der Waals surface area contributed by atoms with Crippen LogP contribution >= 0.6 is 0 Å². The van der Waals surface area contributed by atoms with Crippen molar-refractivity contribution in [1.82, 2.24) is 5.32 Å². The Hall–Kier alpha value is -0.940. The van der Waals surface area contributed by atoms with Gasteiger partial charge in [0.25, 0.3) is 0 Å². The van der Waals surface area contributed by atoms with Crippen molar-refractivity contribution < 1.29 is 15.3 Å². The first-order valence-corrected chi connectivity index (χ1v) is 5.39. The van der Waals surface area contributed by atoms with E-state index in [2.05, 4.69) is 5.32 Å².